The summed E-state index contributed by atoms with van der Waals surface area (Å²) in [4.78, 5) is 18.6. The lowest BCUT2D eigenvalue weighted by Gasteiger charge is -2.13. The van der Waals surface area contributed by atoms with E-state index in [1.54, 1.807) is 6.07 Å². The molecule has 0 saturated carbocycles. The van der Waals surface area contributed by atoms with E-state index in [1.807, 2.05) is 7.05 Å². The summed E-state index contributed by atoms with van der Waals surface area (Å²) < 4.78 is 0. The second-order valence-corrected chi connectivity index (χ2v) is 5.11. The third-order valence-electron chi connectivity index (χ3n) is 2.59. The Morgan fingerprint density at radius 2 is 2.39 bits per heavy atom. The van der Waals surface area contributed by atoms with E-state index in [0.29, 0.717) is 11.6 Å². The van der Waals surface area contributed by atoms with E-state index in [-0.39, 0.29) is 18.2 Å². The van der Waals surface area contributed by atoms with Gasteiger partial charge >= 0.3 is 0 Å². The number of nitrogens with zero attached hydrogens (tertiary/aromatic N) is 1. The molecule has 0 fully saturated rings. The van der Waals surface area contributed by atoms with Gasteiger partial charge in [-0.2, -0.15) is 0 Å². The molecule has 1 rings (SSSR count). The third-order valence-corrected chi connectivity index (χ3v) is 3.62. The minimum Gasteiger partial charge on any atom is -0.396 e. The average molecular weight is 271 g/mol. The Morgan fingerprint density at radius 3 is 3.00 bits per heavy atom. The van der Waals surface area contributed by atoms with Crippen molar-refractivity contribution in [3.63, 3.8) is 0 Å². The largest absolute Gasteiger partial charge is 0.396 e. The van der Waals surface area contributed by atoms with Crippen LogP contribution in [0, 0.1) is 0 Å². The second-order valence-electron chi connectivity index (χ2n) is 4.10. The van der Waals surface area contributed by atoms with Crippen LogP contribution in [0.25, 0.3) is 0 Å². The maximum absolute atomic E-state index is 11.5. The lowest BCUT2D eigenvalue weighted by molar-refractivity contribution is 0.273. The van der Waals surface area contributed by atoms with Gasteiger partial charge in [0.25, 0.3) is 5.56 Å². The molecule has 1 aromatic heterocycles. The van der Waals surface area contributed by atoms with Crippen LogP contribution < -0.4 is 10.9 Å². The zero-order valence-electron chi connectivity index (χ0n) is 10.9. The number of aliphatic hydroxyl groups excluding tert-OH is 1. The summed E-state index contributed by atoms with van der Waals surface area (Å²) in [6, 6.07) is 1.77. The number of aromatic amines is 1. The molecular weight excluding hydrogens is 250 g/mol. The zero-order chi connectivity index (χ0) is 13.4. The summed E-state index contributed by atoms with van der Waals surface area (Å²) >= 11 is 1.51. The van der Waals surface area contributed by atoms with E-state index in [9.17, 15) is 4.79 Å². The van der Waals surface area contributed by atoms with E-state index in [0.717, 1.165) is 24.3 Å². The number of hydrogen-bond donors (Lipinski definition) is 3. The highest BCUT2D eigenvalue weighted by Gasteiger charge is 2.08. The minimum absolute atomic E-state index is 0.0980. The monoisotopic (exact) mass is 271 g/mol. The Kier molecular flexibility index (Phi) is 7.00. The molecule has 0 radical (unpaired) electrons. The van der Waals surface area contributed by atoms with Crippen LogP contribution in [-0.2, 0) is 6.42 Å². The van der Waals surface area contributed by atoms with E-state index in [2.05, 4.69) is 22.2 Å². The van der Waals surface area contributed by atoms with Crippen molar-refractivity contribution in [2.45, 2.75) is 37.4 Å². The van der Waals surface area contributed by atoms with Gasteiger partial charge in [0, 0.05) is 30.2 Å². The van der Waals surface area contributed by atoms with Crippen molar-refractivity contribution >= 4 is 11.8 Å². The van der Waals surface area contributed by atoms with Crippen molar-refractivity contribution in [2.75, 3.05) is 19.4 Å². The van der Waals surface area contributed by atoms with Crippen LogP contribution in [-0.4, -0.2) is 40.5 Å². The summed E-state index contributed by atoms with van der Waals surface area (Å²) in [6.07, 6.45) is 2.50. The van der Waals surface area contributed by atoms with E-state index < -0.39 is 0 Å². The number of aliphatic hydroxyl groups is 1. The molecule has 0 amide bonds. The molecule has 0 aliphatic rings. The fourth-order valence-corrected chi connectivity index (χ4v) is 2.63. The first-order valence-electron chi connectivity index (χ1n) is 6.20. The molecule has 0 aliphatic heterocycles. The zero-order valence-corrected chi connectivity index (χ0v) is 11.7. The molecule has 1 aromatic rings. The van der Waals surface area contributed by atoms with Crippen LogP contribution in [0.3, 0.4) is 0 Å². The Balaban J connectivity index is 2.63. The molecule has 0 spiro atoms. The molecule has 3 N–H and O–H groups in total. The van der Waals surface area contributed by atoms with Crippen molar-refractivity contribution in [1.82, 2.24) is 15.3 Å². The van der Waals surface area contributed by atoms with Gasteiger partial charge in [-0.15, -0.1) is 0 Å². The highest BCUT2D eigenvalue weighted by atomic mass is 32.2. The SMILES string of the molecule is CCCc1cc(=O)[nH]c(SCC(CCO)NC)n1. The summed E-state index contributed by atoms with van der Waals surface area (Å²) in [6.45, 7) is 2.22. The van der Waals surface area contributed by atoms with Crippen molar-refractivity contribution < 1.29 is 5.11 Å². The lowest BCUT2D eigenvalue weighted by Crippen LogP contribution is -2.28. The van der Waals surface area contributed by atoms with Gasteiger partial charge in [-0.1, -0.05) is 25.1 Å². The molecule has 0 aliphatic carbocycles. The molecule has 18 heavy (non-hydrogen) atoms. The number of H-pyrrole nitrogens is 1. The summed E-state index contributed by atoms with van der Waals surface area (Å²) in [7, 11) is 1.87. The van der Waals surface area contributed by atoms with E-state index in [4.69, 9.17) is 5.11 Å². The minimum atomic E-state index is -0.0980. The first-order valence-corrected chi connectivity index (χ1v) is 7.19. The molecule has 1 heterocycles. The number of hydrogen-bond acceptors (Lipinski definition) is 5. The fraction of sp³-hybridized carbons (Fsp3) is 0.667. The number of rotatable bonds is 8. The molecule has 1 atom stereocenters. The predicted molar refractivity (Wildman–Crippen MR) is 74.1 cm³/mol. The molecule has 6 heteroatoms. The Bertz CT molecular complexity index is 409. The fourth-order valence-electron chi connectivity index (χ4n) is 1.58. The highest BCUT2D eigenvalue weighted by molar-refractivity contribution is 7.99. The van der Waals surface area contributed by atoms with Gasteiger partial charge in [0.1, 0.15) is 0 Å². The summed E-state index contributed by atoms with van der Waals surface area (Å²) in [5, 5.41) is 12.7. The Morgan fingerprint density at radius 1 is 1.61 bits per heavy atom. The normalized spacial score (nSPS) is 12.6. The van der Waals surface area contributed by atoms with Crippen LogP contribution in [0.1, 0.15) is 25.5 Å². The Hall–Kier alpha value is -0.850. The average Bonchev–Trinajstić information content (AvgIpc) is 2.34. The molecular formula is C12H21N3O2S. The third kappa shape index (κ3) is 5.20. The smallest absolute Gasteiger partial charge is 0.251 e. The number of aromatic nitrogens is 2. The van der Waals surface area contributed by atoms with Crippen molar-refractivity contribution in [3.05, 3.63) is 22.1 Å². The molecule has 0 saturated heterocycles. The number of aryl methyl sites for hydroxylation is 1. The maximum atomic E-state index is 11.5. The van der Waals surface area contributed by atoms with Crippen LogP contribution in [0.4, 0.5) is 0 Å². The summed E-state index contributed by atoms with van der Waals surface area (Å²) in [5.41, 5.74) is 0.742. The van der Waals surface area contributed by atoms with Gasteiger partial charge in [-0.3, -0.25) is 4.79 Å². The number of thioether (sulfide) groups is 1. The van der Waals surface area contributed by atoms with Crippen molar-refractivity contribution in [2.24, 2.45) is 0 Å². The van der Waals surface area contributed by atoms with Crippen LogP contribution in [0.15, 0.2) is 16.0 Å². The topological polar surface area (TPSA) is 78.0 Å². The predicted octanol–water partition coefficient (Wildman–Crippen LogP) is 0.785. The molecule has 0 bridgehead atoms. The molecule has 0 aromatic carbocycles. The number of nitrogens with one attached hydrogen (secondary N) is 2. The molecule has 1 unspecified atom stereocenters. The molecule has 102 valence electrons. The quantitative estimate of drug-likeness (QED) is 0.481. The van der Waals surface area contributed by atoms with Crippen LogP contribution in [0.2, 0.25) is 0 Å². The van der Waals surface area contributed by atoms with Gasteiger partial charge in [-0.25, -0.2) is 4.98 Å². The second kappa shape index (κ2) is 8.29. The maximum Gasteiger partial charge on any atom is 0.251 e. The van der Waals surface area contributed by atoms with Gasteiger partial charge < -0.3 is 15.4 Å². The lowest BCUT2D eigenvalue weighted by atomic mass is 10.2. The molecule has 5 nitrogen and oxygen atoms in total. The van der Waals surface area contributed by atoms with Gasteiger partial charge in [0.15, 0.2) is 5.16 Å². The van der Waals surface area contributed by atoms with E-state index >= 15 is 0 Å². The van der Waals surface area contributed by atoms with Gasteiger partial charge in [0.05, 0.1) is 0 Å². The van der Waals surface area contributed by atoms with Crippen molar-refractivity contribution in [1.29, 1.82) is 0 Å². The van der Waals surface area contributed by atoms with Gasteiger partial charge in [0.2, 0.25) is 0 Å². The van der Waals surface area contributed by atoms with Crippen LogP contribution in [0.5, 0.6) is 0 Å². The van der Waals surface area contributed by atoms with Crippen molar-refractivity contribution in [3.8, 4) is 0 Å². The Labute approximate surface area is 111 Å². The van der Waals surface area contributed by atoms with Gasteiger partial charge in [-0.05, 0) is 19.9 Å². The first kappa shape index (κ1) is 15.2. The first-order chi connectivity index (χ1) is 8.69. The highest BCUT2D eigenvalue weighted by Crippen LogP contribution is 2.14. The van der Waals surface area contributed by atoms with E-state index in [1.165, 1.54) is 11.8 Å². The summed E-state index contributed by atoms with van der Waals surface area (Å²) in [5.74, 6) is 0.773. The standard InChI is InChI=1S/C12H21N3O2S/c1-3-4-9-7-11(17)15-12(14-9)18-8-10(13-2)5-6-16/h7,10,13,16H,3-6,8H2,1-2H3,(H,14,15,17). The van der Waals surface area contributed by atoms with Crippen LogP contribution >= 0.6 is 11.8 Å².